The summed E-state index contributed by atoms with van der Waals surface area (Å²) in [4.78, 5) is 14.9. The van der Waals surface area contributed by atoms with Crippen LogP contribution in [0.3, 0.4) is 0 Å². The van der Waals surface area contributed by atoms with Gasteiger partial charge in [-0.3, -0.25) is 4.79 Å². The highest BCUT2D eigenvalue weighted by Crippen LogP contribution is 2.32. The molecule has 1 aliphatic heterocycles. The van der Waals surface area contributed by atoms with Crippen LogP contribution in [0.15, 0.2) is 90.5 Å². The van der Waals surface area contributed by atoms with E-state index in [1.807, 2.05) is 54.6 Å². The van der Waals surface area contributed by atoms with E-state index in [9.17, 15) is 9.18 Å². The minimum atomic E-state index is -0.305. The molecular weight excluding hydrogens is 373 g/mol. The van der Waals surface area contributed by atoms with Gasteiger partial charge in [-0.1, -0.05) is 54.1 Å². The largest absolute Gasteiger partial charge is 0.303 e. The van der Waals surface area contributed by atoms with Crippen molar-refractivity contribution in [3.63, 3.8) is 0 Å². The number of amides is 1. The number of carbonyl (C=O) groups excluding carboxylic acids is 1. The summed E-state index contributed by atoms with van der Waals surface area (Å²) < 4.78 is 13.4. The molecule has 0 N–H and O–H groups in total. The van der Waals surface area contributed by atoms with Crippen molar-refractivity contribution in [2.45, 2.75) is 6.54 Å². The monoisotopic (exact) mass is 389 g/mol. The fourth-order valence-electron chi connectivity index (χ4n) is 3.18. The van der Waals surface area contributed by atoms with E-state index >= 15 is 0 Å². The lowest BCUT2D eigenvalue weighted by atomic mass is 10.1. The highest BCUT2D eigenvalue weighted by Gasteiger charge is 2.29. The molecule has 4 rings (SSSR count). The van der Waals surface area contributed by atoms with Gasteiger partial charge < -0.3 is 4.90 Å². The summed E-state index contributed by atoms with van der Waals surface area (Å²) >= 11 is 5.95. The summed E-state index contributed by atoms with van der Waals surface area (Å²) in [5, 5.41) is 0.646. The Bertz CT molecular complexity index is 1050. The molecule has 0 unspecified atom stereocenters. The summed E-state index contributed by atoms with van der Waals surface area (Å²) in [6, 6.07) is 23.3. The van der Waals surface area contributed by atoms with E-state index in [1.165, 1.54) is 12.1 Å². The maximum Gasteiger partial charge on any atom is 0.258 e. The Morgan fingerprint density at radius 1 is 0.893 bits per heavy atom. The fourth-order valence-corrected chi connectivity index (χ4v) is 3.30. The molecule has 138 valence electrons. The molecule has 1 amide bonds. The Labute approximate surface area is 168 Å². The van der Waals surface area contributed by atoms with E-state index in [4.69, 9.17) is 11.6 Å². The predicted molar refractivity (Wildman–Crippen MR) is 111 cm³/mol. The molecule has 28 heavy (non-hydrogen) atoms. The van der Waals surface area contributed by atoms with Crippen LogP contribution in [0.25, 0.3) is 11.8 Å². The van der Waals surface area contributed by atoms with E-state index in [0.29, 0.717) is 17.1 Å². The molecule has 3 aromatic rings. The van der Waals surface area contributed by atoms with Gasteiger partial charge in [-0.2, -0.15) is 0 Å². The van der Waals surface area contributed by atoms with E-state index < -0.39 is 0 Å². The van der Waals surface area contributed by atoms with Crippen LogP contribution in [0.1, 0.15) is 16.7 Å². The van der Waals surface area contributed by atoms with E-state index in [2.05, 4.69) is 0 Å². The van der Waals surface area contributed by atoms with Gasteiger partial charge in [0.15, 0.2) is 0 Å². The second-order valence-corrected chi connectivity index (χ2v) is 7.00. The molecule has 0 radical (unpaired) electrons. The Hall–Kier alpha value is -3.17. The van der Waals surface area contributed by atoms with Gasteiger partial charge in [0, 0.05) is 10.6 Å². The van der Waals surface area contributed by atoms with Crippen LogP contribution in [0, 0.1) is 5.82 Å². The van der Waals surface area contributed by atoms with Gasteiger partial charge in [-0.05, 0) is 65.2 Å². The van der Waals surface area contributed by atoms with Crippen molar-refractivity contribution in [3.8, 4) is 0 Å². The van der Waals surface area contributed by atoms with E-state index in [-0.39, 0.29) is 11.7 Å². The van der Waals surface area contributed by atoms with E-state index in [1.54, 1.807) is 29.2 Å². The van der Waals surface area contributed by atoms with Crippen molar-refractivity contribution in [1.82, 2.24) is 4.90 Å². The Morgan fingerprint density at radius 3 is 2.25 bits per heavy atom. The van der Waals surface area contributed by atoms with Crippen molar-refractivity contribution >= 4 is 29.3 Å². The molecular formula is C24H17ClFNO. The third kappa shape index (κ3) is 3.90. The normalized spacial score (nSPS) is 15.2. The van der Waals surface area contributed by atoms with Gasteiger partial charge >= 0.3 is 0 Å². The van der Waals surface area contributed by atoms with E-state index in [0.717, 1.165) is 22.4 Å². The second-order valence-electron chi connectivity index (χ2n) is 6.56. The average molecular weight is 390 g/mol. The summed E-state index contributed by atoms with van der Waals surface area (Å²) in [5.41, 5.74) is 4.05. The predicted octanol–water partition coefficient (Wildman–Crippen LogP) is 5.95. The topological polar surface area (TPSA) is 20.3 Å². The highest BCUT2D eigenvalue weighted by molar-refractivity contribution is 6.30. The second kappa shape index (κ2) is 7.83. The van der Waals surface area contributed by atoms with Gasteiger partial charge in [0.05, 0.1) is 12.2 Å². The lowest BCUT2D eigenvalue weighted by Crippen LogP contribution is -2.25. The number of carbonyl (C=O) groups is 1. The van der Waals surface area contributed by atoms with Crippen LogP contribution in [-0.4, -0.2) is 10.8 Å². The number of halogens is 2. The molecule has 2 nitrogen and oxygen atoms in total. The Morgan fingerprint density at radius 2 is 1.57 bits per heavy atom. The zero-order valence-corrected chi connectivity index (χ0v) is 15.7. The van der Waals surface area contributed by atoms with Gasteiger partial charge in [0.25, 0.3) is 5.91 Å². The molecule has 0 atom stereocenters. The van der Waals surface area contributed by atoms with Crippen molar-refractivity contribution < 1.29 is 9.18 Å². The molecule has 0 bridgehead atoms. The van der Waals surface area contributed by atoms with Gasteiger partial charge in [-0.15, -0.1) is 0 Å². The number of nitrogens with zero attached hydrogens (tertiary/aromatic N) is 1. The number of hydrogen-bond acceptors (Lipinski definition) is 1. The molecule has 4 heteroatoms. The fraction of sp³-hybridized carbons (Fsp3) is 0.0417. The maximum absolute atomic E-state index is 13.4. The molecule has 0 saturated heterocycles. The SMILES string of the molecule is O=C1/C(=C/c2ccc(Cl)cc2)C=C(c2ccc(F)cc2)N1Cc1ccccc1. The van der Waals surface area contributed by atoms with Crippen LogP contribution < -0.4 is 0 Å². The van der Waals surface area contributed by atoms with Crippen LogP contribution in [0.5, 0.6) is 0 Å². The molecule has 0 fully saturated rings. The molecule has 0 spiro atoms. The summed E-state index contributed by atoms with van der Waals surface area (Å²) in [6.45, 7) is 0.445. The van der Waals surface area contributed by atoms with Crippen LogP contribution in [-0.2, 0) is 11.3 Å². The molecule has 0 aromatic heterocycles. The third-order valence-corrected chi connectivity index (χ3v) is 4.84. The molecule has 0 aliphatic carbocycles. The first-order chi connectivity index (χ1) is 13.6. The van der Waals surface area contributed by atoms with Crippen molar-refractivity contribution in [2.24, 2.45) is 0 Å². The van der Waals surface area contributed by atoms with Crippen LogP contribution in [0.2, 0.25) is 5.02 Å². The van der Waals surface area contributed by atoms with Gasteiger partial charge in [0.1, 0.15) is 5.82 Å². The number of rotatable bonds is 4. The third-order valence-electron chi connectivity index (χ3n) is 4.59. The number of hydrogen-bond donors (Lipinski definition) is 0. The smallest absolute Gasteiger partial charge is 0.258 e. The van der Waals surface area contributed by atoms with Gasteiger partial charge in [0.2, 0.25) is 0 Å². The average Bonchev–Trinajstić information content (AvgIpc) is 3.01. The lowest BCUT2D eigenvalue weighted by Gasteiger charge is -2.21. The molecule has 3 aromatic carbocycles. The summed E-state index contributed by atoms with van der Waals surface area (Å²) in [5.74, 6) is -0.390. The first-order valence-corrected chi connectivity index (χ1v) is 9.29. The lowest BCUT2D eigenvalue weighted by molar-refractivity contribution is -0.123. The summed E-state index contributed by atoms with van der Waals surface area (Å²) in [7, 11) is 0. The minimum absolute atomic E-state index is 0.0851. The Balaban J connectivity index is 1.73. The molecule has 1 heterocycles. The molecule has 1 aliphatic rings. The first-order valence-electron chi connectivity index (χ1n) is 8.91. The van der Waals surface area contributed by atoms with Gasteiger partial charge in [-0.25, -0.2) is 4.39 Å². The highest BCUT2D eigenvalue weighted by atomic mass is 35.5. The zero-order valence-electron chi connectivity index (χ0n) is 15.0. The quantitative estimate of drug-likeness (QED) is 0.505. The zero-order chi connectivity index (χ0) is 19.5. The summed E-state index contributed by atoms with van der Waals surface area (Å²) in [6.07, 6.45) is 3.69. The van der Waals surface area contributed by atoms with Crippen LogP contribution in [0.4, 0.5) is 4.39 Å². The minimum Gasteiger partial charge on any atom is -0.303 e. The first kappa shape index (κ1) is 18.2. The number of benzene rings is 3. The van der Waals surface area contributed by atoms with Crippen LogP contribution >= 0.6 is 11.6 Å². The maximum atomic E-state index is 13.4. The standard InChI is InChI=1S/C24H17ClFNO/c25-21-10-6-17(7-11-21)14-20-15-23(19-8-12-22(26)13-9-19)27(24(20)28)16-18-4-2-1-3-5-18/h1-15H,16H2/b20-14+. The van der Waals surface area contributed by atoms with Crippen molar-refractivity contribution in [2.75, 3.05) is 0 Å². The Kier molecular flexibility index (Phi) is 5.09. The molecule has 0 saturated carbocycles. The van der Waals surface area contributed by atoms with Crippen molar-refractivity contribution in [1.29, 1.82) is 0 Å². The van der Waals surface area contributed by atoms with Crippen molar-refractivity contribution in [3.05, 3.63) is 118 Å².